The third-order valence-electron chi connectivity index (χ3n) is 2.47. The Morgan fingerprint density at radius 1 is 1.41 bits per heavy atom. The van der Waals surface area contributed by atoms with Gasteiger partial charge >= 0.3 is 0 Å². The van der Waals surface area contributed by atoms with Crippen LogP contribution in [0.3, 0.4) is 0 Å². The first-order chi connectivity index (χ1) is 7.68. The second-order valence-electron chi connectivity index (χ2n) is 4.82. The van der Waals surface area contributed by atoms with Crippen LogP contribution in [0.15, 0.2) is 12.1 Å². The monoisotopic (exact) mass is 295 g/mol. The van der Waals surface area contributed by atoms with Crippen molar-refractivity contribution in [3.63, 3.8) is 0 Å². The van der Waals surface area contributed by atoms with Crippen LogP contribution < -0.4 is 5.32 Å². The molecule has 0 amide bonds. The van der Waals surface area contributed by atoms with Gasteiger partial charge in [0, 0.05) is 23.2 Å². The number of hydrogen-bond acceptors (Lipinski definition) is 4. The minimum atomic E-state index is -2.89. The highest BCUT2D eigenvalue weighted by molar-refractivity contribution is 7.90. The molecular weight excluding hydrogens is 278 g/mol. The third-order valence-corrected chi connectivity index (χ3v) is 4.64. The Kier molecular flexibility index (Phi) is 5.01. The van der Waals surface area contributed by atoms with E-state index in [1.165, 1.54) is 17.6 Å². The Balaban J connectivity index is 2.44. The highest BCUT2D eigenvalue weighted by Crippen LogP contribution is 2.22. The Morgan fingerprint density at radius 3 is 2.53 bits per heavy atom. The van der Waals surface area contributed by atoms with E-state index in [0.717, 1.165) is 9.21 Å². The fourth-order valence-corrected chi connectivity index (χ4v) is 3.21. The SMILES string of the molecule is CC(C)(CCS(C)(=O)=O)NCc1ccc(Cl)s1. The van der Waals surface area contributed by atoms with Crippen molar-refractivity contribution in [3.8, 4) is 0 Å². The second-order valence-corrected chi connectivity index (χ2v) is 8.88. The normalized spacial score (nSPS) is 12.9. The molecule has 0 radical (unpaired) electrons. The van der Waals surface area contributed by atoms with Crippen molar-refractivity contribution in [1.82, 2.24) is 5.32 Å². The predicted octanol–water partition coefficient (Wildman–Crippen LogP) is 2.70. The van der Waals surface area contributed by atoms with E-state index < -0.39 is 9.84 Å². The number of sulfone groups is 1. The average Bonchev–Trinajstić information content (AvgIpc) is 2.58. The molecule has 0 aliphatic rings. The van der Waals surface area contributed by atoms with Gasteiger partial charge in [-0.2, -0.15) is 0 Å². The zero-order chi connectivity index (χ0) is 13.1. The molecule has 98 valence electrons. The van der Waals surface area contributed by atoms with E-state index in [1.807, 2.05) is 26.0 Å². The summed E-state index contributed by atoms with van der Waals surface area (Å²) < 4.78 is 23.0. The Bertz CT molecular complexity index is 466. The Morgan fingerprint density at radius 2 is 2.06 bits per heavy atom. The van der Waals surface area contributed by atoms with Gasteiger partial charge in [0.05, 0.1) is 10.1 Å². The average molecular weight is 296 g/mol. The Labute approximate surface area is 112 Å². The summed E-state index contributed by atoms with van der Waals surface area (Å²) in [5.41, 5.74) is -0.195. The maximum Gasteiger partial charge on any atom is 0.147 e. The zero-order valence-corrected chi connectivity index (χ0v) is 12.7. The molecule has 1 rings (SSSR count). The van der Waals surface area contributed by atoms with Gasteiger partial charge in [-0.15, -0.1) is 11.3 Å². The Hall–Kier alpha value is -0.100. The third kappa shape index (κ3) is 6.41. The summed E-state index contributed by atoms with van der Waals surface area (Å²) in [5.74, 6) is 0.207. The van der Waals surface area contributed by atoms with Gasteiger partial charge in [-0.25, -0.2) is 8.42 Å². The van der Waals surface area contributed by atoms with E-state index in [9.17, 15) is 8.42 Å². The first-order valence-electron chi connectivity index (χ1n) is 5.35. The van der Waals surface area contributed by atoms with Crippen molar-refractivity contribution in [2.24, 2.45) is 0 Å². The fraction of sp³-hybridized carbons (Fsp3) is 0.636. The van der Waals surface area contributed by atoms with Crippen molar-refractivity contribution in [2.75, 3.05) is 12.0 Å². The lowest BCUT2D eigenvalue weighted by molar-refractivity contribution is 0.376. The van der Waals surface area contributed by atoms with Crippen LogP contribution in [0.25, 0.3) is 0 Å². The molecular formula is C11H18ClNO2S2. The van der Waals surface area contributed by atoms with Gasteiger partial charge in [0.15, 0.2) is 0 Å². The van der Waals surface area contributed by atoms with Crippen LogP contribution in [0.1, 0.15) is 25.1 Å². The van der Waals surface area contributed by atoms with E-state index in [-0.39, 0.29) is 11.3 Å². The molecule has 1 aromatic rings. The summed E-state index contributed by atoms with van der Waals surface area (Å²) in [6.07, 6.45) is 1.87. The standard InChI is InChI=1S/C11H18ClNO2S2/c1-11(2,6-7-17(3,14)15)13-8-9-4-5-10(12)16-9/h4-5,13H,6-8H2,1-3H3. The van der Waals surface area contributed by atoms with Crippen LogP contribution in [0, 0.1) is 0 Å². The molecule has 0 saturated heterocycles. The van der Waals surface area contributed by atoms with Crippen LogP contribution >= 0.6 is 22.9 Å². The summed E-state index contributed by atoms with van der Waals surface area (Å²) in [5, 5.41) is 3.35. The smallest absolute Gasteiger partial charge is 0.147 e. The van der Waals surface area contributed by atoms with Gasteiger partial charge in [0.2, 0.25) is 0 Å². The van der Waals surface area contributed by atoms with Gasteiger partial charge in [-0.1, -0.05) is 11.6 Å². The number of hydrogen-bond donors (Lipinski definition) is 1. The number of nitrogens with one attached hydrogen (secondary N) is 1. The fourth-order valence-electron chi connectivity index (χ4n) is 1.30. The molecule has 0 aromatic carbocycles. The van der Waals surface area contributed by atoms with Gasteiger partial charge in [0.25, 0.3) is 0 Å². The van der Waals surface area contributed by atoms with Crippen LogP contribution in [-0.4, -0.2) is 26.0 Å². The van der Waals surface area contributed by atoms with Gasteiger partial charge in [-0.05, 0) is 32.4 Å². The maximum absolute atomic E-state index is 11.1. The molecule has 1 heterocycles. The van der Waals surface area contributed by atoms with E-state index in [0.29, 0.717) is 13.0 Å². The van der Waals surface area contributed by atoms with E-state index in [4.69, 9.17) is 11.6 Å². The van der Waals surface area contributed by atoms with Crippen molar-refractivity contribution in [3.05, 3.63) is 21.3 Å². The summed E-state index contributed by atoms with van der Waals surface area (Å²) in [6, 6.07) is 3.85. The predicted molar refractivity (Wildman–Crippen MR) is 74.6 cm³/mol. The molecule has 0 aliphatic carbocycles. The molecule has 1 aromatic heterocycles. The van der Waals surface area contributed by atoms with Crippen molar-refractivity contribution in [2.45, 2.75) is 32.4 Å². The number of thiophene rings is 1. The summed E-state index contributed by atoms with van der Waals surface area (Å²) >= 11 is 7.38. The van der Waals surface area contributed by atoms with Crippen molar-refractivity contribution in [1.29, 1.82) is 0 Å². The minimum absolute atomic E-state index is 0.195. The molecule has 17 heavy (non-hydrogen) atoms. The molecule has 6 heteroatoms. The van der Waals surface area contributed by atoms with Gasteiger partial charge in [-0.3, -0.25) is 0 Å². The quantitative estimate of drug-likeness (QED) is 0.878. The first-order valence-corrected chi connectivity index (χ1v) is 8.60. The molecule has 0 spiro atoms. The van der Waals surface area contributed by atoms with E-state index in [1.54, 1.807) is 0 Å². The summed E-state index contributed by atoms with van der Waals surface area (Å²) in [6.45, 7) is 4.73. The van der Waals surface area contributed by atoms with Crippen molar-refractivity contribution >= 4 is 32.8 Å². The van der Waals surface area contributed by atoms with E-state index in [2.05, 4.69) is 5.32 Å². The summed E-state index contributed by atoms with van der Waals surface area (Å²) in [4.78, 5) is 1.16. The second kappa shape index (κ2) is 5.69. The molecule has 0 aliphatic heterocycles. The lowest BCUT2D eigenvalue weighted by atomic mass is 10.0. The number of halogens is 1. The van der Waals surface area contributed by atoms with Crippen molar-refractivity contribution < 1.29 is 8.42 Å². The maximum atomic E-state index is 11.1. The molecule has 0 saturated carbocycles. The molecule has 1 N–H and O–H groups in total. The summed E-state index contributed by atoms with van der Waals surface area (Å²) in [7, 11) is -2.89. The number of rotatable bonds is 6. The lowest BCUT2D eigenvalue weighted by Crippen LogP contribution is -2.40. The van der Waals surface area contributed by atoms with Gasteiger partial charge < -0.3 is 5.32 Å². The van der Waals surface area contributed by atoms with Crippen LogP contribution in [0.2, 0.25) is 4.34 Å². The zero-order valence-electron chi connectivity index (χ0n) is 10.3. The van der Waals surface area contributed by atoms with Crippen LogP contribution in [-0.2, 0) is 16.4 Å². The van der Waals surface area contributed by atoms with Gasteiger partial charge in [0.1, 0.15) is 9.84 Å². The molecule has 0 unspecified atom stereocenters. The van der Waals surface area contributed by atoms with Crippen LogP contribution in [0.5, 0.6) is 0 Å². The highest BCUT2D eigenvalue weighted by Gasteiger charge is 2.19. The molecule has 0 fully saturated rings. The molecule has 3 nitrogen and oxygen atoms in total. The van der Waals surface area contributed by atoms with E-state index >= 15 is 0 Å². The highest BCUT2D eigenvalue weighted by atomic mass is 35.5. The lowest BCUT2D eigenvalue weighted by Gasteiger charge is -2.25. The van der Waals surface area contributed by atoms with Crippen LogP contribution in [0.4, 0.5) is 0 Å². The largest absolute Gasteiger partial charge is 0.307 e. The molecule has 0 bridgehead atoms. The minimum Gasteiger partial charge on any atom is -0.307 e. The first kappa shape index (κ1) is 15.0. The topological polar surface area (TPSA) is 46.2 Å². The molecule has 0 atom stereocenters.